The van der Waals surface area contributed by atoms with Gasteiger partial charge in [-0.05, 0) is 74.3 Å². The van der Waals surface area contributed by atoms with Crippen LogP contribution < -0.4 is 5.32 Å². The van der Waals surface area contributed by atoms with E-state index >= 15 is 0 Å². The molecule has 6 rings (SSSR count). The number of hydrogen-bond acceptors (Lipinski definition) is 5. The first-order chi connectivity index (χ1) is 14.0. The summed E-state index contributed by atoms with van der Waals surface area (Å²) in [5.41, 5.74) is 0.691. The minimum atomic E-state index is -1.53. The van der Waals surface area contributed by atoms with E-state index in [0.29, 0.717) is 35.1 Å². The van der Waals surface area contributed by atoms with Crippen LogP contribution in [-0.4, -0.2) is 38.5 Å². The van der Waals surface area contributed by atoms with Crippen molar-refractivity contribution in [2.45, 2.75) is 68.3 Å². The summed E-state index contributed by atoms with van der Waals surface area (Å²) in [7, 11) is 0. The molecule has 1 saturated heterocycles. The van der Waals surface area contributed by atoms with Crippen LogP contribution in [0.5, 0.6) is 5.75 Å². The van der Waals surface area contributed by atoms with E-state index in [1.807, 2.05) is 6.07 Å². The monoisotopic (exact) mass is 413 g/mol. The summed E-state index contributed by atoms with van der Waals surface area (Å²) in [6.07, 6.45) is 9.19. The number of phenolic OH excluding ortho intramolecular Hbond substituents is 1. The fraction of sp³-hybridized carbons (Fsp3) is 0.636. The Labute approximate surface area is 174 Å². The number of amides is 1. The number of hydrogen-bond donors (Lipinski definition) is 2. The Morgan fingerprint density at radius 3 is 2.86 bits per heavy atom. The Bertz CT molecular complexity index is 863. The van der Waals surface area contributed by atoms with Crippen molar-refractivity contribution < 1.29 is 14.5 Å². The highest BCUT2D eigenvalue weighted by atomic mass is 32.2. The van der Waals surface area contributed by atoms with Crippen molar-refractivity contribution in [1.82, 2.24) is 9.62 Å². The van der Waals surface area contributed by atoms with Crippen molar-refractivity contribution in [3.8, 4) is 11.8 Å². The zero-order valence-electron chi connectivity index (χ0n) is 16.5. The van der Waals surface area contributed by atoms with Crippen LogP contribution in [0.2, 0.25) is 0 Å². The number of nitrogens with zero attached hydrogens (tertiary/aromatic N) is 2. The molecule has 5 fully saturated rings. The first-order valence-electron chi connectivity index (χ1n) is 10.7. The lowest BCUT2D eigenvalue weighted by Gasteiger charge is -2.62. The van der Waals surface area contributed by atoms with Crippen molar-refractivity contribution >= 4 is 17.3 Å². The van der Waals surface area contributed by atoms with Crippen LogP contribution >= 0.6 is 0 Å². The third-order valence-electron chi connectivity index (χ3n) is 7.70. The summed E-state index contributed by atoms with van der Waals surface area (Å²) < 4.78 is 14.9. The lowest BCUT2D eigenvalue weighted by Crippen LogP contribution is -2.62. The molecule has 4 atom stereocenters. The Hall–Kier alpha value is -1.75. The van der Waals surface area contributed by atoms with Gasteiger partial charge in [-0.1, -0.05) is 6.42 Å². The number of nitriles is 1. The number of carbonyl (C=O) groups is 1. The Morgan fingerprint density at radius 2 is 2.07 bits per heavy atom. The number of nitrogens with one attached hydrogen (secondary N) is 1. The van der Waals surface area contributed by atoms with Crippen LogP contribution in [0.4, 0.5) is 0 Å². The number of carbonyl (C=O) groups excluding carboxylic acids is 1. The fourth-order valence-electron chi connectivity index (χ4n) is 6.41. The van der Waals surface area contributed by atoms with Crippen LogP contribution in [0.25, 0.3) is 0 Å². The van der Waals surface area contributed by atoms with Crippen molar-refractivity contribution in [3.05, 3.63) is 23.8 Å². The molecule has 1 aromatic carbocycles. The number of phenols is 1. The molecule has 2 N–H and O–H groups in total. The van der Waals surface area contributed by atoms with Crippen molar-refractivity contribution in [1.29, 1.82) is 5.26 Å². The van der Waals surface area contributed by atoms with E-state index in [-0.39, 0.29) is 23.3 Å². The second-order valence-electron chi connectivity index (χ2n) is 9.40. The maximum Gasteiger partial charge on any atom is 0.242 e. The molecule has 7 heteroatoms. The molecule has 1 heterocycles. The first-order valence-corrected chi connectivity index (χ1v) is 11.8. The molecule has 3 bridgehead atoms. The molecule has 1 aliphatic heterocycles. The molecule has 0 aromatic heterocycles. The summed E-state index contributed by atoms with van der Waals surface area (Å²) in [5.74, 6) is 1.11. The maximum absolute atomic E-state index is 13.2. The highest BCUT2D eigenvalue weighted by Gasteiger charge is 2.57. The summed E-state index contributed by atoms with van der Waals surface area (Å²) in [6.45, 7) is 0.591. The molecular formula is C22H27N3O3S. The Kier molecular flexibility index (Phi) is 4.77. The average Bonchev–Trinajstić information content (AvgIpc) is 3.19. The van der Waals surface area contributed by atoms with E-state index in [4.69, 9.17) is 5.26 Å². The number of aromatic hydroxyl groups is 1. The van der Waals surface area contributed by atoms with Gasteiger partial charge in [-0.25, -0.2) is 0 Å². The van der Waals surface area contributed by atoms with Crippen molar-refractivity contribution in [2.24, 2.45) is 17.3 Å². The highest BCUT2D eigenvalue weighted by Crippen LogP contribution is 2.63. The molecule has 6 nitrogen and oxygen atoms in total. The molecule has 1 aromatic rings. The standard InChI is InChI=1S/C22H27N3O3S/c23-13-15-9-17(5-6-19(15)26)29(28)25-8-2-4-18(25)21(27)24-20-14-3-1-7-22(10-14)11-16(20)12-22/h5-6,9,14,16,18,20,26H,1-4,7-8,10-12H2,(H,24,27)/t14?,16?,18-,20?,22?,29?/m1/s1. The largest absolute Gasteiger partial charge is 0.593 e. The van der Waals surface area contributed by atoms with Gasteiger partial charge < -0.3 is 15.0 Å². The molecule has 4 saturated carbocycles. The predicted molar refractivity (Wildman–Crippen MR) is 108 cm³/mol. The summed E-state index contributed by atoms with van der Waals surface area (Å²) in [4.78, 5) is 13.6. The second kappa shape index (κ2) is 7.19. The average molecular weight is 414 g/mol. The molecule has 29 heavy (non-hydrogen) atoms. The van der Waals surface area contributed by atoms with Crippen LogP contribution in [0, 0.1) is 28.6 Å². The third kappa shape index (κ3) is 3.22. The van der Waals surface area contributed by atoms with Gasteiger partial charge in [-0.3, -0.25) is 4.79 Å². The zero-order chi connectivity index (χ0) is 20.2. The van der Waals surface area contributed by atoms with Gasteiger partial charge in [0.05, 0.1) is 16.9 Å². The zero-order valence-corrected chi connectivity index (χ0v) is 17.3. The van der Waals surface area contributed by atoms with Crippen molar-refractivity contribution in [3.63, 3.8) is 0 Å². The van der Waals surface area contributed by atoms with Gasteiger partial charge >= 0.3 is 0 Å². The lowest BCUT2D eigenvalue weighted by atomic mass is 9.45. The molecule has 4 aliphatic carbocycles. The van der Waals surface area contributed by atoms with Crippen molar-refractivity contribution in [2.75, 3.05) is 6.54 Å². The molecule has 0 radical (unpaired) electrons. The van der Waals surface area contributed by atoms with Gasteiger partial charge in [-0.15, -0.1) is 4.31 Å². The fourth-order valence-corrected chi connectivity index (χ4v) is 7.81. The second-order valence-corrected chi connectivity index (χ2v) is 10.8. The number of rotatable bonds is 4. The normalized spacial score (nSPS) is 36.7. The highest BCUT2D eigenvalue weighted by molar-refractivity contribution is 7.89. The quantitative estimate of drug-likeness (QED) is 0.740. The molecule has 3 unspecified atom stereocenters. The summed E-state index contributed by atoms with van der Waals surface area (Å²) >= 11 is -1.53. The minimum Gasteiger partial charge on any atom is -0.593 e. The van der Waals surface area contributed by atoms with Crippen LogP contribution in [0.15, 0.2) is 23.1 Å². The van der Waals surface area contributed by atoms with Gasteiger partial charge in [0, 0.05) is 18.7 Å². The van der Waals surface area contributed by atoms with E-state index in [1.165, 1.54) is 50.7 Å². The van der Waals surface area contributed by atoms with E-state index in [2.05, 4.69) is 5.32 Å². The molecular weight excluding hydrogens is 386 g/mol. The van der Waals surface area contributed by atoms with Gasteiger partial charge in [-0.2, -0.15) is 5.26 Å². The van der Waals surface area contributed by atoms with Gasteiger partial charge in [0.2, 0.25) is 5.91 Å². The van der Waals surface area contributed by atoms with Crippen LogP contribution in [0.3, 0.4) is 0 Å². The first kappa shape index (κ1) is 19.2. The summed E-state index contributed by atoms with van der Waals surface area (Å²) in [6, 6.07) is 6.21. The van der Waals surface area contributed by atoms with E-state index in [1.54, 1.807) is 10.4 Å². The van der Waals surface area contributed by atoms with E-state index in [0.717, 1.165) is 6.42 Å². The van der Waals surface area contributed by atoms with Gasteiger partial charge in [0.15, 0.2) is 4.90 Å². The van der Waals surface area contributed by atoms with Crippen LogP contribution in [0.1, 0.15) is 56.9 Å². The molecule has 154 valence electrons. The van der Waals surface area contributed by atoms with Gasteiger partial charge in [0.1, 0.15) is 17.9 Å². The number of benzene rings is 1. The van der Waals surface area contributed by atoms with E-state index < -0.39 is 17.4 Å². The predicted octanol–water partition coefficient (Wildman–Crippen LogP) is 2.84. The SMILES string of the molecule is N#Cc1cc([S+]([O-])N2CCC[C@@H]2C(=O)NC2C3CCCC4(C3)CC2C4)ccc1O. The molecule has 1 amide bonds. The molecule has 5 aliphatic rings. The summed E-state index contributed by atoms with van der Waals surface area (Å²) in [5, 5.41) is 22.2. The Morgan fingerprint density at radius 1 is 1.28 bits per heavy atom. The topological polar surface area (TPSA) is 99.4 Å². The van der Waals surface area contributed by atoms with E-state index in [9.17, 15) is 14.5 Å². The van der Waals surface area contributed by atoms with Gasteiger partial charge in [0.25, 0.3) is 0 Å². The molecule has 1 spiro atoms. The lowest BCUT2D eigenvalue weighted by molar-refractivity contribution is -0.134. The minimum absolute atomic E-state index is 0.00473. The van der Waals surface area contributed by atoms with Crippen LogP contribution in [-0.2, 0) is 16.2 Å². The smallest absolute Gasteiger partial charge is 0.242 e. The maximum atomic E-state index is 13.2. The Balaban J connectivity index is 1.29. The third-order valence-corrected chi connectivity index (χ3v) is 9.22.